The van der Waals surface area contributed by atoms with Crippen molar-refractivity contribution in [3.63, 3.8) is 0 Å². The van der Waals surface area contributed by atoms with Gasteiger partial charge in [0.05, 0.1) is 11.4 Å². The standard InChI is InChI=1S/C20H22ClN5O2S/c1-16-19(20(21)26(23-16)17-6-3-2-4-7-17)15-24-10-12-25(13-11-24)29(27,28)18-8-5-9-22-14-18/h2-9,14H,10-13,15H2,1H3. The molecule has 1 aliphatic rings. The molecule has 1 fully saturated rings. The predicted molar refractivity (Wildman–Crippen MR) is 112 cm³/mol. The minimum absolute atomic E-state index is 0.233. The zero-order valence-corrected chi connectivity index (χ0v) is 17.6. The van der Waals surface area contributed by atoms with Crippen molar-refractivity contribution in [3.8, 4) is 5.69 Å². The van der Waals surface area contributed by atoms with E-state index >= 15 is 0 Å². The number of piperazine rings is 1. The molecule has 152 valence electrons. The van der Waals surface area contributed by atoms with Gasteiger partial charge in [0.2, 0.25) is 10.0 Å². The van der Waals surface area contributed by atoms with E-state index in [-0.39, 0.29) is 4.90 Å². The molecule has 0 aliphatic carbocycles. The normalized spacial score (nSPS) is 16.2. The highest BCUT2D eigenvalue weighted by atomic mass is 35.5. The molecule has 4 rings (SSSR count). The molecule has 0 spiro atoms. The molecule has 0 N–H and O–H groups in total. The molecule has 3 heterocycles. The molecule has 1 aromatic carbocycles. The lowest BCUT2D eigenvalue weighted by atomic mass is 10.2. The Morgan fingerprint density at radius 3 is 2.41 bits per heavy atom. The van der Waals surface area contributed by atoms with Crippen molar-refractivity contribution >= 4 is 21.6 Å². The molecular formula is C20H22ClN5O2S. The SMILES string of the molecule is Cc1nn(-c2ccccc2)c(Cl)c1CN1CCN(S(=O)(=O)c2cccnc2)CC1. The summed E-state index contributed by atoms with van der Waals surface area (Å²) >= 11 is 6.63. The average molecular weight is 432 g/mol. The van der Waals surface area contributed by atoms with E-state index in [1.165, 1.54) is 10.5 Å². The monoisotopic (exact) mass is 431 g/mol. The summed E-state index contributed by atoms with van der Waals surface area (Å²) in [4.78, 5) is 6.36. The highest BCUT2D eigenvalue weighted by Crippen LogP contribution is 2.26. The van der Waals surface area contributed by atoms with E-state index in [0.717, 1.165) is 16.9 Å². The maximum atomic E-state index is 12.8. The van der Waals surface area contributed by atoms with Crippen molar-refractivity contribution in [2.24, 2.45) is 0 Å². The molecule has 0 atom stereocenters. The van der Waals surface area contributed by atoms with E-state index in [0.29, 0.717) is 37.9 Å². The van der Waals surface area contributed by atoms with Crippen molar-refractivity contribution in [1.29, 1.82) is 0 Å². The van der Waals surface area contributed by atoms with Gasteiger partial charge in [0.25, 0.3) is 0 Å². The van der Waals surface area contributed by atoms with E-state index in [2.05, 4.69) is 15.0 Å². The Hall–Kier alpha value is -2.26. The van der Waals surface area contributed by atoms with Crippen LogP contribution in [-0.4, -0.2) is 58.6 Å². The van der Waals surface area contributed by atoms with E-state index in [1.54, 1.807) is 23.0 Å². The number of rotatable bonds is 5. The Balaban J connectivity index is 1.45. The molecule has 1 saturated heterocycles. The number of pyridine rings is 1. The van der Waals surface area contributed by atoms with Gasteiger partial charge >= 0.3 is 0 Å². The molecule has 7 nitrogen and oxygen atoms in total. The number of halogens is 1. The van der Waals surface area contributed by atoms with Crippen LogP contribution < -0.4 is 0 Å². The number of aryl methyl sites for hydroxylation is 1. The topological polar surface area (TPSA) is 71.3 Å². The second-order valence-electron chi connectivity index (χ2n) is 6.97. The van der Waals surface area contributed by atoms with Crippen LogP contribution in [0.3, 0.4) is 0 Å². The van der Waals surface area contributed by atoms with E-state index in [4.69, 9.17) is 11.6 Å². The smallest absolute Gasteiger partial charge is 0.244 e. The van der Waals surface area contributed by atoms with Gasteiger partial charge in [-0.2, -0.15) is 9.40 Å². The zero-order valence-electron chi connectivity index (χ0n) is 16.1. The van der Waals surface area contributed by atoms with Gasteiger partial charge in [0.1, 0.15) is 10.0 Å². The summed E-state index contributed by atoms with van der Waals surface area (Å²) in [7, 11) is -3.50. The first-order valence-corrected chi connectivity index (χ1v) is 11.2. The van der Waals surface area contributed by atoms with Crippen LogP contribution in [0.5, 0.6) is 0 Å². The van der Waals surface area contributed by atoms with Gasteiger partial charge < -0.3 is 0 Å². The van der Waals surface area contributed by atoms with Crippen molar-refractivity contribution in [2.45, 2.75) is 18.4 Å². The van der Waals surface area contributed by atoms with Gasteiger partial charge in [0.15, 0.2) is 0 Å². The summed E-state index contributed by atoms with van der Waals surface area (Å²) in [5.74, 6) is 0. The van der Waals surface area contributed by atoms with Gasteiger partial charge in [-0.15, -0.1) is 0 Å². The van der Waals surface area contributed by atoms with Crippen LogP contribution in [0.15, 0.2) is 59.8 Å². The molecular weight excluding hydrogens is 410 g/mol. The molecule has 9 heteroatoms. The zero-order chi connectivity index (χ0) is 20.4. The van der Waals surface area contributed by atoms with Crippen LogP contribution in [0.2, 0.25) is 5.15 Å². The van der Waals surface area contributed by atoms with Gasteiger partial charge in [-0.3, -0.25) is 9.88 Å². The fourth-order valence-corrected chi connectivity index (χ4v) is 5.17. The number of aromatic nitrogens is 3. The second kappa shape index (κ2) is 8.23. The predicted octanol–water partition coefficient (Wildman–Crippen LogP) is 2.74. The fourth-order valence-electron chi connectivity index (χ4n) is 3.45. The Kier molecular flexibility index (Phi) is 5.69. The molecule has 0 amide bonds. The number of hydrogen-bond donors (Lipinski definition) is 0. The van der Waals surface area contributed by atoms with Crippen molar-refractivity contribution in [3.05, 3.63) is 71.3 Å². The summed E-state index contributed by atoms with van der Waals surface area (Å²) in [5, 5.41) is 5.18. The number of para-hydroxylation sites is 1. The van der Waals surface area contributed by atoms with Crippen molar-refractivity contribution < 1.29 is 8.42 Å². The van der Waals surface area contributed by atoms with Crippen LogP contribution in [-0.2, 0) is 16.6 Å². The molecule has 0 radical (unpaired) electrons. The molecule has 1 aliphatic heterocycles. The third-order valence-corrected chi connectivity index (χ3v) is 7.38. The molecule has 0 saturated carbocycles. The Bertz CT molecular complexity index is 1080. The largest absolute Gasteiger partial charge is 0.296 e. The maximum absolute atomic E-state index is 12.8. The van der Waals surface area contributed by atoms with Gasteiger partial charge in [-0.25, -0.2) is 13.1 Å². The summed E-state index contributed by atoms with van der Waals surface area (Å²) in [6.45, 7) is 4.71. The van der Waals surface area contributed by atoms with Crippen LogP contribution in [0.1, 0.15) is 11.3 Å². The minimum atomic E-state index is -3.50. The van der Waals surface area contributed by atoms with Crippen molar-refractivity contribution in [1.82, 2.24) is 24.0 Å². The Labute approximate surface area is 175 Å². The first-order valence-electron chi connectivity index (χ1n) is 9.39. The van der Waals surface area contributed by atoms with E-state index in [1.807, 2.05) is 37.3 Å². The maximum Gasteiger partial charge on any atom is 0.244 e. The van der Waals surface area contributed by atoms with Crippen LogP contribution in [0, 0.1) is 6.92 Å². The highest BCUT2D eigenvalue weighted by Gasteiger charge is 2.29. The number of nitrogens with zero attached hydrogens (tertiary/aromatic N) is 5. The Morgan fingerprint density at radius 2 is 1.76 bits per heavy atom. The minimum Gasteiger partial charge on any atom is -0.296 e. The van der Waals surface area contributed by atoms with Gasteiger partial charge in [-0.05, 0) is 31.2 Å². The number of sulfonamides is 1. The average Bonchev–Trinajstić information content (AvgIpc) is 3.04. The quantitative estimate of drug-likeness (QED) is 0.621. The number of benzene rings is 1. The summed E-state index contributed by atoms with van der Waals surface area (Å²) in [6, 6.07) is 13.0. The summed E-state index contributed by atoms with van der Waals surface area (Å²) < 4.78 is 28.8. The van der Waals surface area contributed by atoms with Gasteiger partial charge in [0, 0.05) is 50.7 Å². The fraction of sp³-hybridized carbons (Fsp3) is 0.300. The van der Waals surface area contributed by atoms with Gasteiger partial charge in [-0.1, -0.05) is 29.8 Å². The second-order valence-corrected chi connectivity index (χ2v) is 9.27. The van der Waals surface area contributed by atoms with Crippen LogP contribution in [0.25, 0.3) is 5.69 Å². The summed E-state index contributed by atoms with van der Waals surface area (Å²) in [6.07, 6.45) is 2.96. The van der Waals surface area contributed by atoms with E-state index < -0.39 is 10.0 Å². The third-order valence-electron chi connectivity index (χ3n) is 5.11. The van der Waals surface area contributed by atoms with E-state index in [9.17, 15) is 8.42 Å². The van der Waals surface area contributed by atoms with Crippen LogP contribution in [0.4, 0.5) is 0 Å². The Morgan fingerprint density at radius 1 is 1.03 bits per heavy atom. The lowest BCUT2D eigenvalue weighted by Gasteiger charge is -2.33. The first-order chi connectivity index (χ1) is 14.0. The summed E-state index contributed by atoms with van der Waals surface area (Å²) in [5.41, 5.74) is 2.77. The molecule has 29 heavy (non-hydrogen) atoms. The third kappa shape index (κ3) is 4.06. The molecule has 2 aromatic heterocycles. The molecule has 3 aromatic rings. The van der Waals surface area contributed by atoms with Crippen molar-refractivity contribution in [2.75, 3.05) is 26.2 Å². The lowest BCUT2D eigenvalue weighted by Crippen LogP contribution is -2.48. The lowest BCUT2D eigenvalue weighted by molar-refractivity contribution is 0.181. The molecule has 0 bridgehead atoms. The van der Waals surface area contributed by atoms with Crippen LogP contribution >= 0.6 is 11.6 Å². The first kappa shape index (κ1) is 20.0. The molecule has 0 unspecified atom stereocenters. The highest BCUT2D eigenvalue weighted by molar-refractivity contribution is 7.89. The number of hydrogen-bond acceptors (Lipinski definition) is 5.